The zero-order valence-electron chi connectivity index (χ0n) is 17.9. The van der Waals surface area contributed by atoms with Gasteiger partial charge in [0.15, 0.2) is 5.82 Å². The molecular formula is C24H26FN5O. The van der Waals surface area contributed by atoms with Crippen LogP contribution < -0.4 is 21.5 Å². The summed E-state index contributed by atoms with van der Waals surface area (Å²) in [5.74, 6) is 12.3. The molecule has 1 aliphatic rings. The van der Waals surface area contributed by atoms with E-state index in [1.54, 1.807) is 33.0 Å². The van der Waals surface area contributed by atoms with Crippen LogP contribution in [0, 0.1) is 17.7 Å². The lowest BCUT2D eigenvalue weighted by molar-refractivity contribution is 0.143. The summed E-state index contributed by atoms with van der Waals surface area (Å²) < 4.78 is 15.1. The fourth-order valence-corrected chi connectivity index (χ4v) is 4.06. The van der Waals surface area contributed by atoms with Crippen molar-refractivity contribution in [2.45, 2.75) is 32.3 Å². The topological polar surface area (TPSA) is 91.6 Å². The molecule has 0 fully saturated rings. The van der Waals surface area contributed by atoms with E-state index in [1.165, 1.54) is 11.1 Å². The third-order valence-corrected chi connectivity index (χ3v) is 5.32. The SMILES string of the molecule is CN(N)c1c(N)nc(N2CCCc3c(C#CC(C)(C)O)cccc32)c2c(F)cccc12. The second kappa shape index (κ2) is 7.73. The van der Waals surface area contributed by atoms with E-state index in [4.69, 9.17) is 11.6 Å². The first-order valence-corrected chi connectivity index (χ1v) is 10.2. The minimum Gasteiger partial charge on any atom is -0.382 e. The number of rotatable bonds is 2. The van der Waals surface area contributed by atoms with E-state index in [1.807, 2.05) is 23.1 Å². The van der Waals surface area contributed by atoms with Gasteiger partial charge in [-0.05, 0) is 50.5 Å². The zero-order valence-corrected chi connectivity index (χ0v) is 17.9. The van der Waals surface area contributed by atoms with E-state index in [0.29, 0.717) is 28.8 Å². The summed E-state index contributed by atoms with van der Waals surface area (Å²) in [6.07, 6.45) is 1.69. The number of nitrogens with two attached hydrogens (primary N) is 2. The van der Waals surface area contributed by atoms with Gasteiger partial charge in [-0.15, -0.1) is 0 Å². The number of anilines is 4. The molecule has 0 spiro atoms. The monoisotopic (exact) mass is 419 g/mol. The molecular weight excluding hydrogens is 393 g/mol. The van der Waals surface area contributed by atoms with Crippen LogP contribution >= 0.6 is 0 Å². The molecule has 0 radical (unpaired) electrons. The molecule has 0 amide bonds. The highest BCUT2D eigenvalue weighted by Crippen LogP contribution is 2.42. The van der Waals surface area contributed by atoms with Gasteiger partial charge in [0.2, 0.25) is 0 Å². The normalized spacial score (nSPS) is 13.5. The number of aromatic nitrogens is 1. The third kappa shape index (κ3) is 3.88. The Kier molecular flexibility index (Phi) is 5.21. The Balaban J connectivity index is 1.94. The van der Waals surface area contributed by atoms with Gasteiger partial charge in [-0.1, -0.05) is 30.0 Å². The van der Waals surface area contributed by atoms with Crippen molar-refractivity contribution in [3.8, 4) is 11.8 Å². The summed E-state index contributed by atoms with van der Waals surface area (Å²) >= 11 is 0. The fourth-order valence-electron chi connectivity index (χ4n) is 4.06. The smallest absolute Gasteiger partial charge is 0.151 e. The third-order valence-electron chi connectivity index (χ3n) is 5.32. The molecule has 4 rings (SSSR count). The van der Waals surface area contributed by atoms with Crippen LogP contribution in [-0.4, -0.2) is 29.3 Å². The van der Waals surface area contributed by atoms with Gasteiger partial charge in [-0.25, -0.2) is 15.2 Å². The van der Waals surface area contributed by atoms with Crippen molar-refractivity contribution in [3.05, 3.63) is 53.3 Å². The van der Waals surface area contributed by atoms with Crippen molar-refractivity contribution in [3.63, 3.8) is 0 Å². The molecule has 0 bridgehead atoms. The summed E-state index contributed by atoms with van der Waals surface area (Å²) in [6, 6.07) is 10.7. The van der Waals surface area contributed by atoms with Gasteiger partial charge in [0.05, 0.1) is 5.39 Å². The maximum absolute atomic E-state index is 15.1. The molecule has 1 aliphatic heterocycles. The first kappa shape index (κ1) is 20.9. The summed E-state index contributed by atoms with van der Waals surface area (Å²) in [4.78, 5) is 6.58. The lowest BCUT2D eigenvalue weighted by Gasteiger charge is -2.33. The van der Waals surface area contributed by atoms with Crippen molar-refractivity contribution in [2.75, 3.05) is 29.2 Å². The molecule has 160 valence electrons. The molecule has 5 N–H and O–H groups in total. The number of nitrogen functional groups attached to an aromatic ring is 1. The molecule has 31 heavy (non-hydrogen) atoms. The molecule has 0 saturated heterocycles. The van der Waals surface area contributed by atoms with Crippen LogP contribution in [0.2, 0.25) is 0 Å². The summed E-state index contributed by atoms with van der Waals surface area (Å²) in [6.45, 7) is 3.97. The largest absolute Gasteiger partial charge is 0.382 e. The Morgan fingerprint density at radius 3 is 2.68 bits per heavy atom. The lowest BCUT2D eigenvalue weighted by Crippen LogP contribution is -2.29. The number of halogens is 1. The molecule has 2 heterocycles. The number of nitrogens with zero attached hydrogens (tertiary/aromatic N) is 3. The maximum Gasteiger partial charge on any atom is 0.151 e. The summed E-state index contributed by atoms with van der Waals surface area (Å²) in [5.41, 5.74) is 8.47. The molecule has 0 atom stereocenters. The molecule has 6 nitrogen and oxygen atoms in total. The van der Waals surface area contributed by atoms with Crippen molar-refractivity contribution in [1.82, 2.24) is 4.98 Å². The van der Waals surface area contributed by atoms with Crippen LogP contribution in [0.3, 0.4) is 0 Å². The van der Waals surface area contributed by atoms with E-state index in [9.17, 15) is 5.11 Å². The second-order valence-electron chi connectivity index (χ2n) is 8.31. The number of fused-ring (bicyclic) bond motifs is 2. The van der Waals surface area contributed by atoms with Crippen molar-refractivity contribution in [2.24, 2.45) is 5.84 Å². The lowest BCUT2D eigenvalue weighted by atomic mass is 9.95. The predicted molar refractivity (Wildman–Crippen MR) is 124 cm³/mol. The average Bonchev–Trinajstić information content (AvgIpc) is 2.70. The van der Waals surface area contributed by atoms with Crippen LogP contribution in [0.5, 0.6) is 0 Å². The highest BCUT2D eigenvalue weighted by Gasteiger charge is 2.26. The standard InChI is InChI=1S/C24H26FN5O/c1-24(2,31)13-12-15-7-4-11-19-16(15)9-6-14-30(19)23-20-17(8-5-10-18(20)25)21(29(3)27)22(26)28-23/h4-5,7-8,10-11,31H,6,9,14,27H2,1-3H3,(H2,26,28). The average molecular weight is 420 g/mol. The van der Waals surface area contributed by atoms with Crippen LogP contribution in [-0.2, 0) is 6.42 Å². The Morgan fingerprint density at radius 1 is 1.23 bits per heavy atom. The number of hydrogen-bond acceptors (Lipinski definition) is 6. The van der Waals surface area contributed by atoms with Gasteiger partial charge >= 0.3 is 0 Å². The van der Waals surface area contributed by atoms with Crippen LogP contribution in [0.15, 0.2) is 36.4 Å². The molecule has 2 aromatic carbocycles. The van der Waals surface area contributed by atoms with E-state index < -0.39 is 5.60 Å². The van der Waals surface area contributed by atoms with Crippen molar-refractivity contribution >= 4 is 33.8 Å². The van der Waals surface area contributed by atoms with E-state index in [2.05, 4.69) is 16.8 Å². The first-order valence-electron chi connectivity index (χ1n) is 10.2. The number of benzene rings is 2. The van der Waals surface area contributed by atoms with Gasteiger partial charge in [0.1, 0.15) is 22.9 Å². The van der Waals surface area contributed by atoms with E-state index in [0.717, 1.165) is 29.7 Å². The minimum absolute atomic E-state index is 0.239. The Morgan fingerprint density at radius 2 is 1.97 bits per heavy atom. The van der Waals surface area contributed by atoms with Crippen molar-refractivity contribution < 1.29 is 9.50 Å². The molecule has 7 heteroatoms. The summed E-state index contributed by atoms with van der Waals surface area (Å²) in [7, 11) is 1.65. The first-order chi connectivity index (χ1) is 14.7. The Bertz CT molecular complexity index is 1220. The van der Waals surface area contributed by atoms with E-state index >= 15 is 4.39 Å². The molecule has 0 unspecified atom stereocenters. The number of aliphatic hydroxyl groups is 1. The highest BCUT2D eigenvalue weighted by atomic mass is 19.1. The van der Waals surface area contributed by atoms with Gasteiger partial charge in [-0.3, -0.25) is 0 Å². The molecule has 1 aromatic heterocycles. The van der Waals surface area contributed by atoms with Gasteiger partial charge in [-0.2, -0.15) is 0 Å². The van der Waals surface area contributed by atoms with Gasteiger partial charge in [0.25, 0.3) is 0 Å². The molecule has 0 saturated carbocycles. The Hall–Kier alpha value is -3.34. The summed E-state index contributed by atoms with van der Waals surface area (Å²) in [5, 5.41) is 12.4. The van der Waals surface area contributed by atoms with Crippen LogP contribution in [0.1, 0.15) is 31.4 Å². The zero-order chi connectivity index (χ0) is 22.3. The number of hydrogen-bond donors (Lipinski definition) is 3. The minimum atomic E-state index is -1.09. The fraction of sp³-hybridized carbons (Fsp3) is 0.292. The molecule has 3 aromatic rings. The molecule has 0 aliphatic carbocycles. The highest BCUT2D eigenvalue weighted by molar-refractivity contribution is 6.05. The van der Waals surface area contributed by atoms with Crippen molar-refractivity contribution in [1.29, 1.82) is 0 Å². The number of hydrazine groups is 1. The van der Waals surface area contributed by atoms with E-state index in [-0.39, 0.29) is 11.6 Å². The number of pyridine rings is 1. The maximum atomic E-state index is 15.1. The predicted octanol–water partition coefficient (Wildman–Crippen LogP) is 3.47. The Labute approximate surface area is 181 Å². The second-order valence-corrected chi connectivity index (χ2v) is 8.31. The quantitative estimate of drug-likeness (QED) is 0.335. The van der Waals surface area contributed by atoms with Gasteiger partial charge < -0.3 is 20.7 Å². The van der Waals surface area contributed by atoms with Crippen LogP contribution in [0.4, 0.5) is 27.4 Å². The van der Waals surface area contributed by atoms with Crippen LogP contribution in [0.25, 0.3) is 10.8 Å². The van der Waals surface area contributed by atoms with Gasteiger partial charge in [0, 0.05) is 30.2 Å².